The highest BCUT2D eigenvalue weighted by Crippen LogP contribution is 2.29. The fourth-order valence-corrected chi connectivity index (χ4v) is 2.55. The minimum absolute atomic E-state index is 0.0434. The van der Waals surface area contributed by atoms with Crippen molar-refractivity contribution in [2.75, 3.05) is 11.9 Å². The van der Waals surface area contributed by atoms with Gasteiger partial charge in [0, 0.05) is 18.3 Å². The zero-order chi connectivity index (χ0) is 13.2. The molecule has 0 aliphatic carbocycles. The van der Waals surface area contributed by atoms with Crippen LogP contribution in [0, 0.1) is 12.7 Å². The predicted octanol–water partition coefficient (Wildman–Crippen LogP) is 3.89. The molecule has 1 aromatic rings. The molecule has 1 saturated heterocycles. The largest absolute Gasteiger partial charge is 0.382 e. The zero-order valence-corrected chi connectivity index (χ0v) is 11.4. The molecular formula is C15H22FNO. The van der Waals surface area contributed by atoms with Crippen molar-refractivity contribution in [3.63, 3.8) is 0 Å². The summed E-state index contributed by atoms with van der Waals surface area (Å²) in [6.45, 7) is 6.98. The summed E-state index contributed by atoms with van der Waals surface area (Å²) in [5, 5.41) is 3.43. The number of halogens is 1. The molecule has 100 valence electrons. The fraction of sp³-hybridized carbons (Fsp3) is 0.600. The number of benzene rings is 1. The van der Waals surface area contributed by atoms with Crippen LogP contribution in [0.1, 0.15) is 38.7 Å². The molecule has 0 bridgehead atoms. The summed E-state index contributed by atoms with van der Waals surface area (Å²) in [6, 6.07) is 5.46. The van der Waals surface area contributed by atoms with Crippen LogP contribution < -0.4 is 5.32 Å². The number of rotatable bonds is 3. The Morgan fingerprint density at radius 2 is 2.22 bits per heavy atom. The first-order valence-electron chi connectivity index (χ1n) is 6.68. The average molecular weight is 251 g/mol. The molecular weight excluding hydrogens is 229 g/mol. The Balaban J connectivity index is 2.04. The first kappa shape index (κ1) is 13.3. The summed E-state index contributed by atoms with van der Waals surface area (Å²) in [7, 11) is 0. The van der Waals surface area contributed by atoms with Crippen molar-refractivity contribution in [3.8, 4) is 0 Å². The lowest BCUT2D eigenvalue weighted by Gasteiger charge is -2.38. The molecule has 0 saturated carbocycles. The zero-order valence-electron chi connectivity index (χ0n) is 11.4. The van der Waals surface area contributed by atoms with Crippen molar-refractivity contribution in [2.24, 2.45) is 0 Å². The van der Waals surface area contributed by atoms with Crippen LogP contribution in [-0.2, 0) is 4.74 Å². The van der Waals surface area contributed by atoms with Crippen molar-refractivity contribution < 1.29 is 9.13 Å². The Kier molecular flexibility index (Phi) is 3.91. The van der Waals surface area contributed by atoms with E-state index in [1.54, 1.807) is 12.1 Å². The van der Waals surface area contributed by atoms with Gasteiger partial charge in [-0.15, -0.1) is 0 Å². The van der Waals surface area contributed by atoms with Gasteiger partial charge in [0.15, 0.2) is 0 Å². The summed E-state index contributed by atoms with van der Waals surface area (Å²) < 4.78 is 19.2. The SMILES string of the molecule is CCC1(C)CC(Nc2cc(C)cc(F)c2)CCO1. The normalized spacial score (nSPS) is 28.1. The van der Waals surface area contributed by atoms with Crippen LogP contribution in [0.2, 0.25) is 0 Å². The smallest absolute Gasteiger partial charge is 0.125 e. The Morgan fingerprint density at radius 1 is 1.44 bits per heavy atom. The van der Waals surface area contributed by atoms with Gasteiger partial charge < -0.3 is 10.1 Å². The van der Waals surface area contributed by atoms with Gasteiger partial charge in [0.05, 0.1) is 5.60 Å². The van der Waals surface area contributed by atoms with Crippen molar-refractivity contribution in [3.05, 3.63) is 29.6 Å². The minimum atomic E-state index is -0.178. The van der Waals surface area contributed by atoms with Gasteiger partial charge in [-0.05, 0) is 56.9 Å². The van der Waals surface area contributed by atoms with E-state index in [4.69, 9.17) is 4.74 Å². The third-order valence-electron chi connectivity index (χ3n) is 3.76. The van der Waals surface area contributed by atoms with Gasteiger partial charge in [-0.1, -0.05) is 6.92 Å². The summed E-state index contributed by atoms with van der Waals surface area (Å²) in [4.78, 5) is 0. The molecule has 3 heteroatoms. The van der Waals surface area contributed by atoms with Crippen LogP contribution in [0.15, 0.2) is 18.2 Å². The van der Waals surface area contributed by atoms with E-state index < -0.39 is 0 Å². The maximum absolute atomic E-state index is 13.3. The third-order valence-corrected chi connectivity index (χ3v) is 3.76. The number of hydrogen-bond acceptors (Lipinski definition) is 2. The highest BCUT2D eigenvalue weighted by Gasteiger charge is 2.31. The lowest BCUT2D eigenvalue weighted by molar-refractivity contribution is -0.0708. The van der Waals surface area contributed by atoms with E-state index in [9.17, 15) is 4.39 Å². The average Bonchev–Trinajstić information content (AvgIpc) is 2.27. The first-order valence-corrected chi connectivity index (χ1v) is 6.68. The molecule has 1 aliphatic heterocycles. The predicted molar refractivity (Wildman–Crippen MR) is 72.4 cm³/mol. The van der Waals surface area contributed by atoms with Gasteiger partial charge in [-0.3, -0.25) is 0 Å². The van der Waals surface area contributed by atoms with Crippen molar-refractivity contribution >= 4 is 5.69 Å². The fourth-order valence-electron chi connectivity index (χ4n) is 2.55. The number of anilines is 1. The van der Waals surface area contributed by atoms with Crippen LogP contribution in [-0.4, -0.2) is 18.2 Å². The van der Waals surface area contributed by atoms with Gasteiger partial charge >= 0.3 is 0 Å². The van der Waals surface area contributed by atoms with Gasteiger partial charge in [0.2, 0.25) is 0 Å². The van der Waals surface area contributed by atoms with Crippen LogP contribution in [0.4, 0.5) is 10.1 Å². The van der Waals surface area contributed by atoms with Gasteiger partial charge in [-0.2, -0.15) is 0 Å². The van der Waals surface area contributed by atoms with Crippen molar-refractivity contribution in [2.45, 2.75) is 51.7 Å². The molecule has 0 spiro atoms. The summed E-state index contributed by atoms with van der Waals surface area (Å²) in [5.74, 6) is -0.178. The van der Waals surface area contributed by atoms with Crippen LogP contribution >= 0.6 is 0 Å². The molecule has 2 rings (SSSR count). The molecule has 0 amide bonds. The van der Waals surface area contributed by atoms with E-state index in [0.29, 0.717) is 6.04 Å². The van der Waals surface area contributed by atoms with E-state index in [2.05, 4.69) is 19.2 Å². The number of aryl methyl sites for hydroxylation is 1. The summed E-state index contributed by atoms with van der Waals surface area (Å²) in [5.41, 5.74) is 1.78. The Labute approximate surface area is 109 Å². The molecule has 0 aromatic heterocycles. The molecule has 2 atom stereocenters. The summed E-state index contributed by atoms with van der Waals surface area (Å²) >= 11 is 0. The maximum atomic E-state index is 13.3. The second kappa shape index (κ2) is 5.27. The van der Waals surface area contributed by atoms with E-state index in [1.807, 2.05) is 13.0 Å². The third kappa shape index (κ3) is 3.22. The van der Waals surface area contributed by atoms with Crippen LogP contribution in [0.25, 0.3) is 0 Å². The van der Waals surface area contributed by atoms with E-state index in [-0.39, 0.29) is 11.4 Å². The molecule has 1 fully saturated rings. The van der Waals surface area contributed by atoms with Crippen molar-refractivity contribution in [1.82, 2.24) is 0 Å². The van der Waals surface area contributed by atoms with Crippen molar-refractivity contribution in [1.29, 1.82) is 0 Å². The Bertz CT molecular complexity index is 401. The Hall–Kier alpha value is -1.09. The van der Waals surface area contributed by atoms with Crippen LogP contribution in [0.3, 0.4) is 0 Å². The number of nitrogens with one attached hydrogen (secondary N) is 1. The monoisotopic (exact) mass is 251 g/mol. The lowest BCUT2D eigenvalue weighted by Crippen LogP contribution is -2.41. The highest BCUT2D eigenvalue weighted by molar-refractivity contribution is 5.46. The maximum Gasteiger partial charge on any atom is 0.125 e. The molecule has 1 aliphatic rings. The van der Waals surface area contributed by atoms with Gasteiger partial charge in [-0.25, -0.2) is 4.39 Å². The molecule has 1 N–H and O–H groups in total. The number of ether oxygens (including phenoxy) is 1. The topological polar surface area (TPSA) is 21.3 Å². The standard InChI is InChI=1S/C15H22FNO/c1-4-15(3)10-13(5-6-18-15)17-14-8-11(2)7-12(16)9-14/h7-9,13,17H,4-6,10H2,1-3H3. The van der Waals surface area contributed by atoms with Gasteiger partial charge in [0.1, 0.15) is 5.82 Å². The molecule has 2 unspecified atom stereocenters. The lowest BCUT2D eigenvalue weighted by atomic mass is 9.90. The van der Waals surface area contributed by atoms with E-state index >= 15 is 0 Å². The minimum Gasteiger partial charge on any atom is -0.382 e. The van der Waals surface area contributed by atoms with E-state index in [0.717, 1.165) is 37.1 Å². The molecule has 2 nitrogen and oxygen atoms in total. The molecule has 0 radical (unpaired) electrons. The Morgan fingerprint density at radius 3 is 2.89 bits per heavy atom. The first-order chi connectivity index (χ1) is 8.50. The van der Waals surface area contributed by atoms with E-state index in [1.165, 1.54) is 0 Å². The highest BCUT2D eigenvalue weighted by atomic mass is 19.1. The molecule has 1 heterocycles. The summed E-state index contributed by atoms with van der Waals surface area (Å²) in [6.07, 6.45) is 2.96. The second-order valence-corrected chi connectivity index (χ2v) is 5.50. The number of hydrogen-bond donors (Lipinski definition) is 1. The van der Waals surface area contributed by atoms with Gasteiger partial charge in [0.25, 0.3) is 0 Å². The second-order valence-electron chi connectivity index (χ2n) is 5.50. The molecule has 18 heavy (non-hydrogen) atoms. The quantitative estimate of drug-likeness (QED) is 0.880. The molecule has 1 aromatic carbocycles. The van der Waals surface area contributed by atoms with Crippen LogP contribution in [0.5, 0.6) is 0 Å².